The van der Waals surface area contributed by atoms with Crippen molar-refractivity contribution in [2.24, 2.45) is 12.8 Å². The van der Waals surface area contributed by atoms with Crippen LogP contribution in [0, 0.1) is 6.92 Å². The highest BCUT2D eigenvalue weighted by Crippen LogP contribution is 2.14. The summed E-state index contributed by atoms with van der Waals surface area (Å²) in [6.07, 6.45) is 0. The molecule has 0 bridgehead atoms. The van der Waals surface area contributed by atoms with E-state index in [4.69, 9.17) is 5.73 Å². The van der Waals surface area contributed by atoms with Crippen molar-refractivity contribution in [2.75, 3.05) is 13.6 Å². The zero-order valence-corrected chi connectivity index (χ0v) is 8.74. The van der Waals surface area contributed by atoms with Gasteiger partial charge >= 0.3 is 0 Å². The maximum atomic E-state index is 11.5. The minimum absolute atomic E-state index is 0.0736. The molecule has 1 heterocycles. The number of aryl methyl sites for hydroxylation is 2. The van der Waals surface area contributed by atoms with Crippen LogP contribution in [0.4, 0.5) is 0 Å². The van der Waals surface area contributed by atoms with Crippen molar-refractivity contribution in [1.29, 1.82) is 0 Å². The summed E-state index contributed by atoms with van der Waals surface area (Å²) in [6.45, 7) is 2.18. The number of carbonyl (C=O) groups is 1. The minimum atomic E-state index is -0.314. The van der Waals surface area contributed by atoms with Crippen molar-refractivity contribution in [1.82, 2.24) is 15.1 Å². The normalized spacial score (nSPS) is 12.6. The number of rotatable bonds is 3. The third-order valence-corrected chi connectivity index (χ3v) is 2.19. The van der Waals surface area contributed by atoms with Crippen molar-refractivity contribution in [2.45, 2.75) is 12.8 Å². The largest absolute Gasteiger partial charge is 0.359 e. The van der Waals surface area contributed by atoms with Gasteiger partial charge in [-0.25, -0.2) is 0 Å². The molecule has 0 radical (unpaired) electrons. The fourth-order valence-electron chi connectivity index (χ4n) is 1.49. The van der Waals surface area contributed by atoms with Crippen molar-refractivity contribution in [3.63, 3.8) is 0 Å². The Labute approximate surface area is 83.3 Å². The Morgan fingerprint density at radius 1 is 1.79 bits per heavy atom. The fraction of sp³-hybridized carbons (Fsp3) is 0.556. The molecule has 1 amide bonds. The fourth-order valence-corrected chi connectivity index (χ4v) is 1.49. The Hall–Kier alpha value is -1.36. The Morgan fingerprint density at radius 2 is 2.43 bits per heavy atom. The van der Waals surface area contributed by atoms with E-state index in [0.29, 0.717) is 6.54 Å². The zero-order chi connectivity index (χ0) is 10.7. The molecule has 0 aliphatic carbocycles. The van der Waals surface area contributed by atoms with E-state index in [1.807, 2.05) is 20.0 Å². The number of amides is 1. The topological polar surface area (TPSA) is 72.9 Å². The second kappa shape index (κ2) is 4.23. The molecule has 1 rings (SSSR count). The Bertz CT molecular complexity index is 332. The smallest absolute Gasteiger partial charge is 0.230 e. The highest BCUT2D eigenvalue weighted by atomic mass is 16.1. The number of nitrogens with two attached hydrogens (primary N) is 1. The Kier molecular flexibility index (Phi) is 3.24. The molecule has 0 aliphatic heterocycles. The van der Waals surface area contributed by atoms with Crippen molar-refractivity contribution in [3.05, 3.63) is 17.5 Å². The molecule has 1 aromatic heterocycles. The first-order chi connectivity index (χ1) is 6.60. The third-order valence-electron chi connectivity index (χ3n) is 2.19. The molecule has 3 N–H and O–H groups in total. The van der Waals surface area contributed by atoms with Crippen LogP contribution in [-0.2, 0) is 11.8 Å². The van der Waals surface area contributed by atoms with E-state index in [0.717, 1.165) is 11.4 Å². The molecule has 1 atom stereocenters. The lowest BCUT2D eigenvalue weighted by Crippen LogP contribution is -2.32. The van der Waals surface area contributed by atoms with Crippen LogP contribution in [0.5, 0.6) is 0 Å². The van der Waals surface area contributed by atoms with Crippen LogP contribution in [0.25, 0.3) is 0 Å². The maximum Gasteiger partial charge on any atom is 0.230 e. The monoisotopic (exact) mass is 196 g/mol. The van der Waals surface area contributed by atoms with E-state index >= 15 is 0 Å². The predicted molar refractivity (Wildman–Crippen MR) is 53.8 cm³/mol. The molecule has 0 fully saturated rings. The van der Waals surface area contributed by atoms with Gasteiger partial charge in [0.25, 0.3) is 0 Å². The quantitative estimate of drug-likeness (QED) is 0.685. The lowest BCUT2D eigenvalue weighted by molar-refractivity contribution is -0.122. The van der Waals surface area contributed by atoms with Gasteiger partial charge in [0.2, 0.25) is 5.91 Å². The summed E-state index contributed by atoms with van der Waals surface area (Å²) in [5.41, 5.74) is 7.30. The molecule has 0 saturated heterocycles. The molecular formula is C9H16N4O. The van der Waals surface area contributed by atoms with Gasteiger partial charge in [0.05, 0.1) is 17.3 Å². The molecule has 5 heteroatoms. The number of nitrogens with zero attached hydrogens (tertiary/aromatic N) is 2. The summed E-state index contributed by atoms with van der Waals surface area (Å²) in [4.78, 5) is 11.5. The Morgan fingerprint density at radius 3 is 2.79 bits per heavy atom. The molecule has 0 unspecified atom stereocenters. The number of nitrogens with one attached hydrogen (secondary N) is 1. The second-order valence-corrected chi connectivity index (χ2v) is 3.24. The second-order valence-electron chi connectivity index (χ2n) is 3.24. The summed E-state index contributed by atoms with van der Waals surface area (Å²) in [5, 5.41) is 6.77. The van der Waals surface area contributed by atoms with Gasteiger partial charge in [0.1, 0.15) is 0 Å². The van der Waals surface area contributed by atoms with E-state index in [1.54, 1.807) is 11.7 Å². The van der Waals surface area contributed by atoms with Crippen molar-refractivity contribution < 1.29 is 4.79 Å². The Balaban J connectivity index is 3.00. The number of aromatic nitrogens is 2. The molecule has 0 aromatic carbocycles. The lowest BCUT2D eigenvalue weighted by atomic mass is 10.0. The van der Waals surface area contributed by atoms with Gasteiger partial charge in [0.15, 0.2) is 0 Å². The lowest BCUT2D eigenvalue weighted by Gasteiger charge is -2.12. The molecule has 0 aliphatic rings. The summed E-state index contributed by atoms with van der Waals surface area (Å²) < 4.78 is 1.70. The number of likely N-dealkylation sites (N-methyl/N-ethyl adjacent to an activating group) is 1. The van der Waals surface area contributed by atoms with Crippen molar-refractivity contribution >= 4 is 5.91 Å². The first-order valence-electron chi connectivity index (χ1n) is 4.52. The number of hydrogen-bond donors (Lipinski definition) is 2. The average Bonchev–Trinajstić information content (AvgIpc) is 2.47. The minimum Gasteiger partial charge on any atom is -0.359 e. The summed E-state index contributed by atoms with van der Waals surface area (Å²) in [7, 11) is 3.42. The van der Waals surface area contributed by atoms with Crippen LogP contribution >= 0.6 is 0 Å². The van der Waals surface area contributed by atoms with Crippen LogP contribution in [0.15, 0.2) is 6.07 Å². The number of carbonyl (C=O) groups excluding carboxylic acids is 1. The van der Waals surface area contributed by atoms with Gasteiger partial charge in [-0.1, -0.05) is 0 Å². The predicted octanol–water partition coefficient (Wildman–Crippen LogP) is -0.483. The SMILES string of the molecule is CNC(=O)[C@@H](CN)c1cc(C)nn1C. The van der Waals surface area contributed by atoms with E-state index in [2.05, 4.69) is 10.4 Å². The van der Waals surface area contributed by atoms with E-state index in [9.17, 15) is 4.79 Å². The van der Waals surface area contributed by atoms with Crippen LogP contribution in [-0.4, -0.2) is 29.3 Å². The van der Waals surface area contributed by atoms with Crippen LogP contribution in [0.1, 0.15) is 17.3 Å². The first-order valence-corrected chi connectivity index (χ1v) is 4.52. The highest BCUT2D eigenvalue weighted by Gasteiger charge is 2.21. The van der Waals surface area contributed by atoms with E-state index in [1.165, 1.54) is 0 Å². The van der Waals surface area contributed by atoms with Crippen LogP contribution in [0.3, 0.4) is 0 Å². The molecular weight excluding hydrogens is 180 g/mol. The summed E-state index contributed by atoms with van der Waals surface area (Å²) >= 11 is 0. The maximum absolute atomic E-state index is 11.5. The van der Waals surface area contributed by atoms with Crippen molar-refractivity contribution in [3.8, 4) is 0 Å². The van der Waals surface area contributed by atoms with Crippen LogP contribution in [0.2, 0.25) is 0 Å². The molecule has 0 saturated carbocycles. The molecule has 14 heavy (non-hydrogen) atoms. The molecule has 0 spiro atoms. The van der Waals surface area contributed by atoms with Gasteiger partial charge in [-0.3, -0.25) is 9.48 Å². The van der Waals surface area contributed by atoms with Gasteiger partial charge < -0.3 is 11.1 Å². The molecule has 1 aromatic rings. The highest BCUT2D eigenvalue weighted by molar-refractivity contribution is 5.83. The molecule has 78 valence electrons. The third kappa shape index (κ3) is 1.93. The van der Waals surface area contributed by atoms with Gasteiger partial charge in [-0.2, -0.15) is 5.10 Å². The number of hydrogen-bond acceptors (Lipinski definition) is 3. The molecule has 5 nitrogen and oxygen atoms in total. The van der Waals surface area contributed by atoms with Crippen LogP contribution < -0.4 is 11.1 Å². The van der Waals surface area contributed by atoms with Gasteiger partial charge in [0, 0.05) is 20.6 Å². The average molecular weight is 196 g/mol. The van der Waals surface area contributed by atoms with E-state index in [-0.39, 0.29) is 11.8 Å². The zero-order valence-electron chi connectivity index (χ0n) is 8.74. The standard InChI is InChI=1S/C9H16N4O/c1-6-4-8(13(3)12-6)7(5-10)9(14)11-2/h4,7H,5,10H2,1-3H3,(H,11,14)/t7-/m0/s1. The van der Waals surface area contributed by atoms with E-state index < -0.39 is 0 Å². The first kappa shape index (κ1) is 10.7. The van der Waals surface area contributed by atoms with Gasteiger partial charge in [-0.05, 0) is 13.0 Å². The summed E-state index contributed by atoms with van der Waals surface area (Å²) in [5.74, 6) is -0.387. The van der Waals surface area contributed by atoms with Gasteiger partial charge in [-0.15, -0.1) is 0 Å². The summed E-state index contributed by atoms with van der Waals surface area (Å²) in [6, 6.07) is 1.88.